The average molecular weight is 621 g/mol. The monoisotopic (exact) mass is 620 g/mol. The number of rotatable bonds is 5. The molecule has 0 radical (unpaired) electrons. The Morgan fingerprint density at radius 3 is 2.43 bits per heavy atom. The number of ether oxygens (including phenoxy) is 1. The van der Waals surface area contributed by atoms with Crippen molar-refractivity contribution in [2.45, 2.75) is 64.1 Å². The minimum Gasteiger partial charge on any atom is -0.457 e. The summed E-state index contributed by atoms with van der Waals surface area (Å²) in [5.41, 5.74) is 1.55. The molecule has 10 heteroatoms. The minimum absolute atomic E-state index is 0.0545. The molecular formula is C36H40N6O4. The quantitative estimate of drug-likeness (QED) is 0.333. The third kappa shape index (κ3) is 7.44. The molecule has 3 aromatic carbocycles. The van der Waals surface area contributed by atoms with E-state index in [1.54, 1.807) is 21.9 Å². The van der Waals surface area contributed by atoms with Crippen molar-refractivity contribution in [1.82, 2.24) is 29.9 Å². The van der Waals surface area contributed by atoms with E-state index in [9.17, 15) is 14.4 Å². The van der Waals surface area contributed by atoms with Crippen molar-refractivity contribution in [2.75, 3.05) is 19.6 Å². The Labute approximate surface area is 269 Å². The number of nitrogens with one attached hydrogen (secondary N) is 1. The topological polar surface area (TPSA) is 110 Å². The number of benzene rings is 3. The molecule has 10 nitrogen and oxygen atoms in total. The normalized spacial score (nSPS) is 19.4. The molecule has 238 valence electrons. The average Bonchev–Trinajstić information content (AvgIpc) is 3.46. The second-order valence-corrected chi connectivity index (χ2v) is 11.9. The van der Waals surface area contributed by atoms with Crippen molar-refractivity contribution in [1.29, 1.82) is 0 Å². The molecule has 0 aliphatic carbocycles. The van der Waals surface area contributed by atoms with Crippen LogP contribution in [-0.4, -0.2) is 68.0 Å². The van der Waals surface area contributed by atoms with E-state index in [2.05, 4.69) is 5.32 Å². The first-order valence-corrected chi connectivity index (χ1v) is 16.1. The maximum absolute atomic E-state index is 14.0. The smallest absolute Gasteiger partial charge is 0.254 e. The minimum atomic E-state index is -0.537. The van der Waals surface area contributed by atoms with Gasteiger partial charge in [0.05, 0.1) is 12.6 Å². The highest BCUT2D eigenvalue weighted by Gasteiger charge is 2.34. The number of carbonyl (C=O) groups is 3. The van der Waals surface area contributed by atoms with E-state index in [-0.39, 0.29) is 24.1 Å². The predicted molar refractivity (Wildman–Crippen MR) is 173 cm³/mol. The molecule has 0 unspecified atom stereocenters. The summed E-state index contributed by atoms with van der Waals surface area (Å²) in [5, 5.41) is 7.93. The lowest BCUT2D eigenvalue weighted by atomic mass is 9.99. The predicted octanol–water partition coefficient (Wildman–Crippen LogP) is 5.10. The van der Waals surface area contributed by atoms with E-state index in [0.717, 1.165) is 18.4 Å². The Balaban J connectivity index is 1.30. The Bertz CT molecular complexity index is 1660. The number of nitrogens with zero attached hydrogens (tertiary/aromatic N) is 5. The molecule has 0 bridgehead atoms. The Hall–Kier alpha value is -4.99. The van der Waals surface area contributed by atoms with E-state index in [0.29, 0.717) is 74.2 Å². The summed E-state index contributed by atoms with van der Waals surface area (Å²) < 4.78 is 7.81. The number of aryl methyl sites for hydroxylation is 1. The van der Waals surface area contributed by atoms with Crippen molar-refractivity contribution in [3.63, 3.8) is 0 Å². The maximum atomic E-state index is 14.0. The van der Waals surface area contributed by atoms with Gasteiger partial charge in [0.25, 0.3) is 5.91 Å². The molecule has 1 N–H and O–H groups in total. The third-order valence-electron chi connectivity index (χ3n) is 8.59. The molecule has 3 amide bonds. The van der Waals surface area contributed by atoms with Gasteiger partial charge in [0.15, 0.2) is 0 Å². The first-order valence-electron chi connectivity index (χ1n) is 16.1. The fourth-order valence-electron chi connectivity index (χ4n) is 6.32. The van der Waals surface area contributed by atoms with Crippen molar-refractivity contribution in [3.05, 3.63) is 108 Å². The van der Waals surface area contributed by atoms with Crippen LogP contribution in [0.15, 0.2) is 84.9 Å². The molecule has 1 aromatic heterocycles. The lowest BCUT2D eigenvalue weighted by Crippen LogP contribution is -2.53. The van der Waals surface area contributed by atoms with Gasteiger partial charge in [-0.15, -0.1) is 0 Å². The highest BCUT2D eigenvalue weighted by Crippen LogP contribution is 2.25. The molecule has 1 saturated heterocycles. The zero-order chi connectivity index (χ0) is 31.9. The van der Waals surface area contributed by atoms with Crippen molar-refractivity contribution in [3.8, 4) is 11.5 Å². The van der Waals surface area contributed by atoms with Crippen LogP contribution < -0.4 is 10.1 Å². The molecule has 1 fully saturated rings. The van der Waals surface area contributed by atoms with E-state index < -0.39 is 12.1 Å². The van der Waals surface area contributed by atoms with Crippen LogP contribution >= 0.6 is 0 Å². The largest absolute Gasteiger partial charge is 0.457 e. The second kappa shape index (κ2) is 14.4. The summed E-state index contributed by atoms with van der Waals surface area (Å²) in [5.74, 6) is 2.11. The number of aromatic nitrogens is 3. The van der Waals surface area contributed by atoms with E-state index >= 15 is 0 Å². The van der Waals surface area contributed by atoms with Gasteiger partial charge in [0, 0.05) is 31.6 Å². The number of fused-ring (bicyclic) bond motifs is 2. The van der Waals surface area contributed by atoms with E-state index in [1.807, 2.05) is 84.4 Å². The van der Waals surface area contributed by atoms with Gasteiger partial charge in [-0.05, 0) is 74.9 Å². The number of hydrogen-bond donors (Lipinski definition) is 1. The third-order valence-corrected chi connectivity index (χ3v) is 8.59. The molecule has 6 rings (SSSR count). The van der Waals surface area contributed by atoms with Crippen LogP contribution in [0.25, 0.3) is 0 Å². The standard InChI is InChI=1S/C36H40N6O4/c1-26-37-34-31(24-27-12-4-2-5-13-27)38-35(44)32-18-8-9-21-41(32)33(43)19-11-20-40(22-23-42(34)39-26)36(45)28-14-10-17-30(25-28)46-29-15-6-3-7-16-29/h2-7,10,12-17,25,31-32H,8-9,11,18-24H2,1H3,(H,38,44)/t31-,32+/m1/s1. The van der Waals surface area contributed by atoms with Crippen LogP contribution in [0, 0.1) is 6.92 Å². The number of para-hydroxylation sites is 1. The van der Waals surface area contributed by atoms with Gasteiger partial charge in [0.1, 0.15) is 29.2 Å². The highest BCUT2D eigenvalue weighted by atomic mass is 16.5. The van der Waals surface area contributed by atoms with Gasteiger partial charge in [-0.1, -0.05) is 54.6 Å². The van der Waals surface area contributed by atoms with Crippen LogP contribution in [0.4, 0.5) is 0 Å². The summed E-state index contributed by atoms with van der Waals surface area (Å²) in [4.78, 5) is 49.6. The second-order valence-electron chi connectivity index (χ2n) is 11.9. The van der Waals surface area contributed by atoms with Gasteiger partial charge in [-0.25, -0.2) is 9.67 Å². The maximum Gasteiger partial charge on any atom is 0.254 e. The van der Waals surface area contributed by atoms with Gasteiger partial charge < -0.3 is 19.9 Å². The molecule has 0 saturated carbocycles. The lowest BCUT2D eigenvalue weighted by molar-refractivity contribution is -0.142. The molecule has 2 atom stereocenters. The Morgan fingerprint density at radius 1 is 0.870 bits per heavy atom. The molecule has 46 heavy (non-hydrogen) atoms. The molecule has 3 heterocycles. The number of piperidine rings is 1. The van der Waals surface area contributed by atoms with E-state index in [1.165, 1.54) is 0 Å². The number of hydrogen-bond acceptors (Lipinski definition) is 6. The van der Waals surface area contributed by atoms with Crippen LogP contribution in [0.1, 0.15) is 65.7 Å². The van der Waals surface area contributed by atoms with Crippen molar-refractivity contribution >= 4 is 17.7 Å². The van der Waals surface area contributed by atoms with Gasteiger partial charge in [0.2, 0.25) is 11.8 Å². The fourth-order valence-corrected chi connectivity index (χ4v) is 6.32. The molecule has 2 aliphatic heterocycles. The molecule has 0 spiro atoms. The molecule has 2 aliphatic rings. The van der Waals surface area contributed by atoms with Gasteiger partial charge in [-0.3, -0.25) is 14.4 Å². The molecule has 4 aromatic rings. The summed E-state index contributed by atoms with van der Waals surface area (Å²) in [6.07, 6.45) is 3.62. The summed E-state index contributed by atoms with van der Waals surface area (Å²) in [6.45, 7) is 3.50. The first-order chi connectivity index (χ1) is 22.4. The zero-order valence-electron chi connectivity index (χ0n) is 26.2. The fraction of sp³-hybridized carbons (Fsp3) is 0.361. The number of amides is 3. The zero-order valence-corrected chi connectivity index (χ0v) is 26.2. The SMILES string of the molecule is Cc1nc2n(n1)CCN(C(=O)c1cccc(Oc3ccccc3)c1)CCCC(=O)N1CCCC[C@H]1C(=O)N[C@@H]2Cc1ccccc1. The summed E-state index contributed by atoms with van der Waals surface area (Å²) in [6, 6.07) is 25.6. The van der Waals surface area contributed by atoms with Crippen molar-refractivity contribution < 1.29 is 19.1 Å². The highest BCUT2D eigenvalue weighted by molar-refractivity contribution is 5.94. The van der Waals surface area contributed by atoms with Gasteiger partial charge in [-0.2, -0.15) is 5.10 Å². The van der Waals surface area contributed by atoms with Crippen molar-refractivity contribution in [2.24, 2.45) is 0 Å². The van der Waals surface area contributed by atoms with Crippen LogP contribution in [-0.2, 0) is 22.6 Å². The lowest BCUT2D eigenvalue weighted by Gasteiger charge is -2.36. The first kappa shape index (κ1) is 31.0. The summed E-state index contributed by atoms with van der Waals surface area (Å²) >= 11 is 0. The van der Waals surface area contributed by atoms with Crippen LogP contribution in [0.3, 0.4) is 0 Å². The number of carbonyl (C=O) groups excluding carboxylic acids is 3. The summed E-state index contributed by atoms with van der Waals surface area (Å²) in [7, 11) is 0. The van der Waals surface area contributed by atoms with E-state index in [4.69, 9.17) is 14.8 Å². The van der Waals surface area contributed by atoms with Crippen LogP contribution in [0.2, 0.25) is 0 Å². The Kier molecular flexibility index (Phi) is 9.71. The Morgan fingerprint density at radius 2 is 1.63 bits per heavy atom. The van der Waals surface area contributed by atoms with Gasteiger partial charge >= 0.3 is 0 Å². The van der Waals surface area contributed by atoms with Crippen LogP contribution in [0.5, 0.6) is 11.5 Å². The molecular weight excluding hydrogens is 580 g/mol.